The molecule has 0 bridgehead atoms. The van der Waals surface area contributed by atoms with Gasteiger partial charge in [0, 0.05) is 63.7 Å². The van der Waals surface area contributed by atoms with E-state index in [-0.39, 0.29) is 7.43 Å². The highest BCUT2D eigenvalue weighted by Gasteiger charge is 2.15. The van der Waals surface area contributed by atoms with Crippen molar-refractivity contribution in [3.8, 4) is 11.4 Å². The number of benzene rings is 12. The molecule has 0 fully saturated rings. The van der Waals surface area contributed by atoms with E-state index in [1.54, 1.807) is 0 Å². The predicted molar refractivity (Wildman–Crippen MR) is 310 cm³/mol. The van der Waals surface area contributed by atoms with E-state index in [9.17, 15) is 0 Å². The van der Waals surface area contributed by atoms with E-state index in [1.807, 2.05) is 0 Å². The molecule has 3 heterocycles. The highest BCUT2D eigenvalue weighted by atomic mass is 79.9. The van der Waals surface area contributed by atoms with Crippen molar-refractivity contribution in [1.29, 1.82) is 0 Å². The SMILES string of the molecule is Brc1ccc2c(ccc3cc(Br)ccc32)c1.C.c1ccc2c(c1)[nH]c1ccccc12.c1ccc2c(c1)c1ccccc1n2-c1ccc2c(ccc3cc(-n4c5ccccc5c5ccccc54)ccc32)c1. The first-order valence-corrected chi connectivity index (χ1v) is 24.8. The molecule has 334 valence electrons. The molecule has 15 aromatic rings. The number of aromatic amines is 1. The van der Waals surface area contributed by atoms with Gasteiger partial charge in [0.25, 0.3) is 0 Å². The van der Waals surface area contributed by atoms with Crippen LogP contribution in [0.3, 0.4) is 0 Å². The highest BCUT2D eigenvalue weighted by Crippen LogP contribution is 2.37. The molecule has 3 nitrogen and oxygen atoms in total. The molecule has 5 heteroatoms. The molecule has 0 radical (unpaired) electrons. The minimum absolute atomic E-state index is 0. The van der Waals surface area contributed by atoms with E-state index < -0.39 is 0 Å². The molecule has 15 rings (SSSR count). The van der Waals surface area contributed by atoms with E-state index in [4.69, 9.17) is 0 Å². The number of rotatable bonds is 2. The fourth-order valence-electron chi connectivity index (χ4n) is 10.5. The fourth-order valence-corrected chi connectivity index (χ4v) is 11.3. The lowest BCUT2D eigenvalue weighted by atomic mass is 10.0. The molecule has 0 atom stereocenters. The van der Waals surface area contributed by atoms with E-state index in [1.165, 1.54) is 120 Å². The largest absolute Gasteiger partial charge is 0.355 e. The molecule has 0 aliphatic heterocycles. The van der Waals surface area contributed by atoms with Crippen LogP contribution in [0, 0.1) is 0 Å². The second-order valence-corrected chi connectivity index (χ2v) is 19.5. The first-order valence-electron chi connectivity index (χ1n) is 23.2. The Bertz CT molecular complexity index is 4090. The molecule has 70 heavy (non-hydrogen) atoms. The van der Waals surface area contributed by atoms with Crippen LogP contribution in [-0.4, -0.2) is 14.1 Å². The molecule has 1 N–H and O–H groups in total. The molecule has 0 amide bonds. The summed E-state index contributed by atoms with van der Waals surface area (Å²) in [4.78, 5) is 3.38. The Labute approximate surface area is 422 Å². The van der Waals surface area contributed by atoms with Crippen molar-refractivity contribution in [1.82, 2.24) is 14.1 Å². The summed E-state index contributed by atoms with van der Waals surface area (Å²) in [6, 6.07) is 86.9. The smallest absolute Gasteiger partial charge is 0.0541 e. The van der Waals surface area contributed by atoms with Crippen LogP contribution in [0.5, 0.6) is 0 Å². The minimum Gasteiger partial charge on any atom is -0.355 e. The molecular weight excluding hydrogens is 983 g/mol. The first kappa shape index (κ1) is 43.3. The van der Waals surface area contributed by atoms with Gasteiger partial charge in [-0.2, -0.15) is 0 Å². The van der Waals surface area contributed by atoms with Gasteiger partial charge in [-0.3, -0.25) is 0 Å². The quantitative estimate of drug-likeness (QED) is 0.167. The zero-order valence-electron chi connectivity index (χ0n) is 37.2. The molecule has 3 aromatic heterocycles. The minimum atomic E-state index is 0. The number of hydrogen-bond acceptors (Lipinski definition) is 0. The molecular formula is C65H45Br2N3. The molecule has 12 aromatic carbocycles. The van der Waals surface area contributed by atoms with Crippen molar-refractivity contribution >= 4 is 140 Å². The average Bonchev–Trinajstić information content (AvgIpc) is 4.06. The van der Waals surface area contributed by atoms with Crippen LogP contribution in [0.2, 0.25) is 0 Å². The van der Waals surface area contributed by atoms with E-state index >= 15 is 0 Å². The Kier molecular flexibility index (Phi) is 11.0. The van der Waals surface area contributed by atoms with Gasteiger partial charge in [-0.05, 0) is 128 Å². The Morgan fingerprint density at radius 1 is 0.257 bits per heavy atom. The van der Waals surface area contributed by atoms with Gasteiger partial charge in [0.1, 0.15) is 0 Å². The van der Waals surface area contributed by atoms with Crippen LogP contribution < -0.4 is 0 Å². The molecule has 0 unspecified atom stereocenters. The summed E-state index contributed by atoms with van der Waals surface area (Å²) in [6.07, 6.45) is 0. The summed E-state index contributed by atoms with van der Waals surface area (Å²) in [6.45, 7) is 0. The van der Waals surface area contributed by atoms with Gasteiger partial charge in [-0.25, -0.2) is 0 Å². The lowest BCUT2D eigenvalue weighted by Gasteiger charge is -2.12. The summed E-state index contributed by atoms with van der Waals surface area (Å²) in [5.74, 6) is 0. The van der Waals surface area contributed by atoms with Crippen molar-refractivity contribution in [2.45, 2.75) is 7.43 Å². The third kappa shape index (κ3) is 7.41. The van der Waals surface area contributed by atoms with Crippen LogP contribution in [0.1, 0.15) is 7.43 Å². The van der Waals surface area contributed by atoms with Crippen molar-refractivity contribution in [2.75, 3.05) is 0 Å². The summed E-state index contributed by atoms with van der Waals surface area (Å²) in [5.41, 5.74) is 9.74. The van der Waals surface area contributed by atoms with E-state index in [2.05, 4.69) is 289 Å². The third-order valence-corrected chi connectivity index (χ3v) is 14.6. The van der Waals surface area contributed by atoms with Gasteiger partial charge < -0.3 is 14.1 Å². The number of fused-ring (bicyclic) bond motifs is 15. The monoisotopic (exact) mass is 1030 g/mol. The number of H-pyrrole nitrogens is 1. The van der Waals surface area contributed by atoms with Gasteiger partial charge in [-0.15, -0.1) is 0 Å². The number of hydrogen-bond donors (Lipinski definition) is 1. The molecule has 0 saturated carbocycles. The van der Waals surface area contributed by atoms with Crippen LogP contribution in [0.15, 0.2) is 252 Å². The Hall–Kier alpha value is -7.96. The summed E-state index contributed by atoms with van der Waals surface area (Å²) < 4.78 is 7.02. The fraction of sp³-hybridized carbons (Fsp3) is 0.0154. The topological polar surface area (TPSA) is 25.6 Å². The summed E-state index contributed by atoms with van der Waals surface area (Å²) in [5, 5.41) is 17.9. The Balaban J connectivity index is 0.000000137. The van der Waals surface area contributed by atoms with Crippen molar-refractivity contribution in [3.05, 3.63) is 252 Å². The third-order valence-electron chi connectivity index (χ3n) is 13.7. The summed E-state index contributed by atoms with van der Waals surface area (Å²) >= 11 is 7.00. The maximum absolute atomic E-state index is 3.50. The van der Waals surface area contributed by atoms with Gasteiger partial charge >= 0.3 is 0 Å². The van der Waals surface area contributed by atoms with Gasteiger partial charge in [0.05, 0.1) is 22.1 Å². The average molecular weight is 1030 g/mol. The molecule has 0 spiro atoms. The maximum atomic E-state index is 3.50. The second-order valence-electron chi connectivity index (χ2n) is 17.6. The number of aromatic nitrogens is 3. The lowest BCUT2D eigenvalue weighted by molar-refractivity contribution is 1.18. The lowest BCUT2D eigenvalue weighted by Crippen LogP contribution is -1.95. The zero-order chi connectivity index (χ0) is 46.0. The van der Waals surface area contributed by atoms with Crippen molar-refractivity contribution < 1.29 is 0 Å². The maximum Gasteiger partial charge on any atom is 0.0541 e. The van der Waals surface area contributed by atoms with Crippen LogP contribution in [0.4, 0.5) is 0 Å². The number of para-hydroxylation sites is 6. The van der Waals surface area contributed by atoms with Crippen LogP contribution in [-0.2, 0) is 0 Å². The van der Waals surface area contributed by atoms with Crippen LogP contribution >= 0.6 is 31.9 Å². The van der Waals surface area contributed by atoms with Crippen molar-refractivity contribution in [2.24, 2.45) is 0 Å². The number of nitrogens with zero attached hydrogens (tertiary/aromatic N) is 2. The first-order chi connectivity index (χ1) is 34.0. The summed E-state index contributed by atoms with van der Waals surface area (Å²) in [7, 11) is 0. The predicted octanol–water partition coefficient (Wildman–Crippen LogP) is 19.7. The van der Waals surface area contributed by atoms with E-state index in [0.717, 1.165) is 8.95 Å². The number of halogens is 2. The van der Waals surface area contributed by atoms with E-state index in [0.29, 0.717) is 0 Å². The normalized spacial score (nSPS) is 11.5. The van der Waals surface area contributed by atoms with Gasteiger partial charge in [0.15, 0.2) is 0 Å². The molecule has 0 saturated heterocycles. The highest BCUT2D eigenvalue weighted by molar-refractivity contribution is 9.10. The van der Waals surface area contributed by atoms with Gasteiger partial charge in [-0.1, -0.05) is 197 Å². The second kappa shape index (κ2) is 17.8. The van der Waals surface area contributed by atoms with Crippen molar-refractivity contribution in [3.63, 3.8) is 0 Å². The standard InChI is InChI=1S/C38H24N2.C14H8Br2.C12H9N.CH4/c1-5-13-35-31(9-1)32-10-2-6-14-36(32)39(35)27-19-21-29-25(23-27)17-18-26-24-28(20-22-30(26)29)40-37-15-7-3-11-33(37)34-12-4-8-16-38(34)40;15-11-3-5-13-9(7-11)1-2-10-8-12(16)4-6-14(10)13;1-3-7-11-9(5-1)10-6-2-4-8-12(10)13-11;/h1-24H;1-8H;1-8,13H;1H4. The molecule has 0 aliphatic carbocycles. The Morgan fingerprint density at radius 2 is 0.543 bits per heavy atom. The Morgan fingerprint density at radius 3 is 0.900 bits per heavy atom. The van der Waals surface area contributed by atoms with Crippen LogP contribution in [0.25, 0.3) is 120 Å². The number of nitrogens with one attached hydrogen (secondary N) is 1. The molecule has 0 aliphatic rings. The van der Waals surface area contributed by atoms with Gasteiger partial charge in [0.2, 0.25) is 0 Å². The zero-order valence-corrected chi connectivity index (χ0v) is 40.4.